The maximum atomic E-state index is 5.27. The highest BCUT2D eigenvalue weighted by Gasteiger charge is 2.20. The fourth-order valence-electron chi connectivity index (χ4n) is 1.25. The van der Waals surface area contributed by atoms with E-state index >= 15 is 0 Å². The third kappa shape index (κ3) is 1.62. The number of hydrogen-bond acceptors (Lipinski definition) is 5. The SMILES string of the molecule is COc1c(OC)c(Br)c2snnc2c1Br. The van der Waals surface area contributed by atoms with E-state index in [1.165, 1.54) is 11.5 Å². The standard InChI is InChI=1S/C8H6Br2N2O2S/c1-13-6-3(9)5-8(15-12-11-5)4(10)7(6)14-2/h1-2H3. The van der Waals surface area contributed by atoms with E-state index in [-0.39, 0.29) is 0 Å². The quantitative estimate of drug-likeness (QED) is 0.831. The van der Waals surface area contributed by atoms with Crippen LogP contribution in [-0.4, -0.2) is 23.8 Å². The van der Waals surface area contributed by atoms with Gasteiger partial charge in [-0.05, 0) is 43.4 Å². The first-order valence-electron chi connectivity index (χ1n) is 3.91. The molecule has 7 heteroatoms. The van der Waals surface area contributed by atoms with E-state index in [2.05, 4.69) is 41.4 Å². The number of methoxy groups -OCH3 is 2. The summed E-state index contributed by atoms with van der Waals surface area (Å²) in [6, 6.07) is 0. The average Bonchev–Trinajstić information content (AvgIpc) is 2.72. The summed E-state index contributed by atoms with van der Waals surface area (Å²) in [5, 5.41) is 4.02. The van der Waals surface area contributed by atoms with Crippen LogP contribution in [0.4, 0.5) is 0 Å². The van der Waals surface area contributed by atoms with Crippen LogP contribution in [0.5, 0.6) is 11.5 Å². The van der Waals surface area contributed by atoms with Gasteiger partial charge >= 0.3 is 0 Å². The number of aromatic nitrogens is 2. The highest BCUT2D eigenvalue weighted by molar-refractivity contribution is 9.11. The van der Waals surface area contributed by atoms with E-state index in [0.717, 1.165) is 19.2 Å². The van der Waals surface area contributed by atoms with Crippen LogP contribution in [0.25, 0.3) is 10.2 Å². The van der Waals surface area contributed by atoms with Gasteiger partial charge in [-0.2, -0.15) is 0 Å². The molecule has 0 N–H and O–H groups in total. The minimum absolute atomic E-state index is 0.615. The second kappa shape index (κ2) is 4.23. The van der Waals surface area contributed by atoms with Gasteiger partial charge < -0.3 is 9.47 Å². The van der Waals surface area contributed by atoms with Gasteiger partial charge in [-0.1, -0.05) is 4.49 Å². The molecule has 0 bridgehead atoms. The van der Waals surface area contributed by atoms with E-state index in [9.17, 15) is 0 Å². The molecule has 0 aliphatic rings. The first-order chi connectivity index (χ1) is 7.20. The Morgan fingerprint density at radius 3 is 2.27 bits per heavy atom. The lowest BCUT2D eigenvalue weighted by Crippen LogP contribution is -1.93. The van der Waals surface area contributed by atoms with E-state index in [1.807, 2.05) is 0 Å². The lowest BCUT2D eigenvalue weighted by molar-refractivity contribution is 0.352. The number of halogens is 2. The Bertz CT molecular complexity index is 471. The Morgan fingerprint density at radius 1 is 1.07 bits per heavy atom. The number of hydrogen-bond donors (Lipinski definition) is 0. The van der Waals surface area contributed by atoms with Crippen molar-refractivity contribution in [3.63, 3.8) is 0 Å². The molecule has 0 saturated carbocycles. The topological polar surface area (TPSA) is 44.2 Å². The highest BCUT2D eigenvalue weighted by atomic mass is 79.9. The van der Waals surface area contributed by atoms with Crippen molar-refractivity contribution in [1.29, 1.82) is 0 Å². The van der Waals surface area contributed by atoms with Gasteiger partial charge in [0.2, 0.25) is 0 Å². The fraction of sp³-hybridized carbons (Fsp3) is 0.250. The summed E-state index contributed by atoms with van der Waals surface area (Å²) in [5.74, 6) is 1.26. The van der Waals surface area contributed by atoms with Crippen LogP contribution in [0.2, 0.25) is 0 Å². The predicted molar refractivity (Wildman–Crippen MR) is 65.9 cm³/mol. The molecule has 0 fully saturated rings. The third-order valence-corrected chi connectivity index (χ3v) is 4.41. The number of fused-ring (bicyclic) bond motifs is 1. The smallest absolute Gasteiger partial charge is 0.178 e. The van der Waals surface area contributed by atoms with Crippen molar-refractivity contribution in [2.45, 2.75) is 0 Å². The van der Waals surface area contributed by atoms with E-state index in [0.29, 0.717) is 11.5 Å². The van der Waals surface area contributed by atoms with E-state index < -0.39 is 0 Å². The second-order valence-corrected chi connectivity index (χ2v) is 4.99. The molecule has 1 aromatic carbocycles. The zero-order valence-corrected chi connectivity index (χ0v) is 11.9. The normalized spacial score (nSPS) is 10.7. The fourth-order valence-corrected chi connectivity index (χ4v) is 3.36. The molecule has 0 radical (unpaired) electrons. The van der Waals surface area contributed by atoms with Gasteiger partial charge in [-0.3, -0.25) is 0 Å². The summed E-state index contributed by atoms with van der Waals surface area (Å²) in [6.07, 6.45) is 0. The molecule has 80 valence electrons. The Hall–Kier alpha value is -0.400. The minimum atomic E-state index is 0.615. The zero-order chi connectivity index (χ0) is 11.0. The molecule has 0 spiro atoms. The lowest BCUT2D eigenvalue weighted by Gasteiger charge is -2.11. The summed E-state index contributed by atoms with van der Waals surface area (Å²) >= 11 is 8.18. The van der Waals surface area contributed by atoms with Gasteiger partial charge in [-0.15, -0.1) is 5.10 Å². The number of benzene rings is 1. The Balaban J connectivity index is 2.90. The second-order valence-electron chi connectivity index (χ2n) is 2.65. The summed E-state index contributed by atoms with van der Waals surface area (Å²) in [4.78, 5) is 0. The Morgan fingerprint density at radius 2 is 1.67 bits per heavy atom. The predicted octanol–water partition coefficient (Wildman–Crippen LogP) is 3.23. The molecular formula is C8H6Br2N2O2S. The van der Waals surface area contributed by atoms with Crippen LogP contribution in [0.3, 0.4) is 0 Å². The molecule has 1 aromatic heterocycles. The van der Waals surface area contributed by atoms with Gasteiger partial charge in [0, 0.05) is 0 Å². The first-order valence-corrected chi connectivity index (χ1v) is 6.27. The van der Waals surface area contributed by atoms with Gasteiger partial charge in [0.15, 0.2) is 11.5 Å². The van der Waals surface area contributed by atoms with Crippen LogP contribution in [0.1, 0.15) is 0 Å². The van der Waals surface area contributed by atoms with E-state index in [4.69, 9.17) is 9.47 Å². The number of ether oxygens (including phenoxy) is 2. The molecule has 0 atom stereocenters. The van der Waals surface area contributed by atoms with Crippen LogP contribution in [-0.2, 0) is 0 Å². The molecule has 15 heavy (non-hydrogen) atoms. The molecule has 0 unspecified atom stereocenters. The average molecular weight is 354 g/mol. The number of nitrogens with zero attached hydrogens (tertiary/aromatic N) is 2. The van der Waals surface area contributed by atoms with Crippen molar-refractivity contribution in [2.75, 3.05) is 14.2 Å². The summed E-state index contributed by atoms with van der Waals surface area (Å²) < 4.78 is 16.9. The van der Waals surface area contributed by atoms with Crippen molar-refractivity contribution in [3.8, 4) is 11.5 Å². The van der Waals surface area contributed by atoms with Crippen LogP contribution >= 0.6 is 43.4 Å². The zero-order valence-electron chi connectivity index (χ0n) is 7.88. The molecule has 0 saturated heterocycles. The van der Waals surface area contributed by atoms with E-state index in [1.54, 1.807) is 14.2 Å². The maximum absolute atomic E-state index is 5.27. The largest absolute Gasteiger partial charge is 0.492 e. The van der Waals surface area contributed by atoms with Gasteiger partial charge in [0.1, 0.15) is 5.52 Å². The van der Waals surface area contributed by atoms with Crippen molar-refractivity contribution in [3.05, 3.63) is 8.95 Å². The third-order valence-electron chi connectivity index (χ3n) is 1.91. The van der Waals surface area contributed by atoms with Crippen LogP contribution < -0.4 is 9.47 Å². The summed E-state index contributed by atoms with van der Waals surface area (Å²) in [7, 11) is 3.18. The molecule has 0 aliphatic heterocycles. The highest BCUT2D eigenvalue weighted by Crippen LogP contribution is 2.47. The molecule has 0 aliphatic carbocycles. The molecule has 2 rings (SSSR count). The van der Waals surface area contributed by atoms with Crippen molar-refractivity contribution >= 4 is 53.6 Å². The molecular weight excluding hydrogens is 348 g/mol. The summed E-state index contributed by atoms with van der Waals surface area (Å²) in [5.41, 5.74) is 0.768. The molecule has 2 aromatic rings. The minimum Gasteiger partial charge on any atom is -0.492 e. The monoisotopic (exact) mass is 352 g/mol. The van der Waals surface area contributed by atoms with Crippen molar-refractivity contribution in [1.82, 2.24) is 9.59 Å². The van der Waals surface area contributed by atoms with Gasteiger partial charge in [0.25, 0.3) is 0 Å². The maximum Gasteiger partial charge on any atom is 0.178 e. The van der Waals surface area contributed by atoms with Gasteiger partial charge in [-0.25, -0.2) is 0 Å². The molecule has 4 nitrogen and oxygen atoms in total. The van der Waals surface area contributed by atoms with Crippen LogP contribution in [0.15, 0.2) is 8.95 Å². The van der Waals surface area contributed by atoms with Gasteiger partial charge in [0.05, 0.1) is 27.9 Å². The summed E-state index contributed by atoms with van der Waals surface area (Å²) in [6.45, 7) is 0. The van der Waals surface area contributed by atoms with Crippen molar-refractivity contribution < 1.29 is 9.47 Å². The Labute approximate surface area is 107 Å². The van der Waals surface area contributed by atoms with Crippen molar-refractivity contribution in [2.24, 2.45) is 0 Å². The lowest BCUT2D eigenvalue weighted by atomic mass is 10.3. The Kier molecular flexibility index (Phi) is 3.13. The molecule has 0 amide bonds. The molecule has 1 heterocycles. The number of rotatable bonds is 2. The first kappa shape index (κ1) is 11.1. The van der Waals surface area contributed by atoms with Crippen LogP contribution in [0, 0.1) is 0 Å².